The molecule has 1 aromatic heterocycles. The number of carbonyl (C=O) groups is 2. The van der Waals surface area contributed by atoms with E-state index in [9.17, 15) is 14.7 Å². The van der Waals surface area contributed by atoms with Gasteiger partial charge in [0.1, 0.15) is 0 Å². The summed E-state index contributed by atoms with van der Waals surface area (Å²) >= 11 is 0. The highest BCUT2D eigenvalue weighted by Gasteiger charge is 2.39. The molecule has 0 bridgehead atoms. The van der Waals surface area contributed by atoms with E-state index in [4.69, 9.17) is 5.11 Å². The maximum absolute atomic E-state index is 13.2. The first-order valence-corrected chi connectivity index (χ1v) is 9.59. The van der Waals surface area contributed by atoms with Crippen LogP contribution in [0.5, 0.6) is 5.88 Å². The van der Waals surface area contributed by atoms with Crippen LogP contribution in [-0.2, 0) is 0 Å². The van der Waals surface area contributed by atoms with Gasteiger partial charge in [0.25, 0.3) is 5.91 Å². The monoisotopic (exact) mass is 381 g/mol. The van der Waals surface area contributed by atoms with Crippen molar-refractivity contribution in [2.75, 3.05) is 13.1 Å². The standard InChI is InChI=1S/C21H23N3O4/c25-19-8-5-16(13-22-19)14-1-3-15(4-2-14)20(26)24(17-6-7-17)18-9-11-23(12-10-18)21(27)28/h1-5,8,13,17-18H,6-7,9-12H2,(H,22,25)(H,27,28). The smallest absolute Gasteiger partial charge is 0.407 e. The lowest BCUT2D eigenvalue weighted by molar-refractivity contribution is 0.0551. The number of pyridine rings is 1. The van der Waals surface area contributed by atoms with E-state index in [1.165, 1.54) is 11.0 Å². The third-order valence-electron chi connectivity index (χ3n) is 5.52. The van der Waals surface area contributed by atoms with E-state index >= 15 is 0 Å². The van der Waals surface area contributed by atoms with Gasteiger partial charge in [0.15, 0.2) is 0 Å². The van der Waals surface area contributed by atoms with Crippen molar-refractivity contribution in [3.63, 3.8) is 0 Å². The Morgan fingerprint density at radius 2 is 1.54 bits per heavy atom. The number of hydrogen-bond acceptors (Lipinski definition) is 4. The summed E-state index contributed by atoms with van der Waals surface area (Å²) in [5.41, 5.74) is 2.44. The molecule has 2 amide bonds. The SMILES string of the molecule is O=C(O)N1CCC(N(C(=O)c2ccc(-c3ccc(O)nc3)cc2)C2CC2)CC1. The quantitative estimate of drug-likeness (QED) is 0.848. The molecule has 2 aliphatic rings. The summed E-state index contributed by atoms with van der Waals surface area (Å²) in [6, 6.07) is 11.1. The average molecular weight is 381 g/mol. The molecule has 2 aromatic rings. The maximum atomic E-state index is 13.2. The number of rotatable bonds is 4. The van der Waals surface area contributed by atoms with Gasteiger partial charge in [-0.25, -0.2) is 9.78 Å². The third kappa shape index (κ3) is 3.78. The lowest BCUT2D eigenvalue weighted by atomic mass is 10.0. The third-order valence-corrected chi connectivity index (χ3v) is 5.52. The maximum Gasteiger partial charge on any atom is 0.407 e. The van der Waals surface area contributed by atoms with Crippen LogP contribution in [0, 0.1) is 0 Å². The normalized spacial score (nSPS) is 17.4. The van der Waals surface area contributed by atoms with Crippen molar-refractivity contribution in [2.24, 2.45) is 0 Å². The van der Waals surface area contributed by atoms with Crippen LogP contribution in [0.4, 0.5) is 4.79 Å². The van der Waals surface area contributed by atoms with E-state index in [2.05, 4.69) is 4.98 Å². The van der Waals surface area contributed by atoms with Crippen LogP contribution >= 0.6 is 0 Å². The summed E-state index contributed by atoms with van der Waals surface area (Å²) in [7, 11) is 0. The Balaban J connectivity index is 1.48. The van der Waals surface area contributed by atoms with Crippen LogP contribution in [-0.4, -0.2) is 62.2 Å². The number of amides is 2. The molecule has 0 atom stereocenters. The Morgan fingerprint density at radius 1 is 0.929 bits per heavy atom. The number of piperidine rings is 1. The van der Waals surface area contributed by atoms with Gasteiger partial charge in [-0.2, -0.15) is 0 Å². The molecule has 7 nitrogen and oxygen atoms in total. The molecular formula is C21H23N3O4. The molecule has 2 N–H and O–H groups in total. The number of aromatic hydroxyl groups is 1. The predicted molar refractivity (Wildman–Crippen MR) is 103 cm³/mol. The van der Waals surface area contributed by atoms with E-state index in [1.54, 1.807) is 12.3 Å². The van der Waals surface area contributed by atoms with Crippen LogP contribution in [0.15, 0.2) is 42.6 Å². The minimum atomic E-state index is -0.887. The van der Waals surface area contributed by atoms with Gasteiger partial charge in [-0.3, -0.25) is 4.79 Å². The van der Waals surface area contributed by atoms with Gasteiger partial charge in [0, 0.05) is 48.6 Å². The zero-order valence-electron chi connectivity index (χ0n) is 15.5. The van der Waals surface area contributed by atoms with Crippen LogP contribution in [0.1, 0.15) is 36.0 Å². The second-order valence-corrected chi connectivity index (χ2v) is 7.43. The number of likely N-dealkylation sites (tertiary alicyclic amines) is 1. The zero-order chi connectivity index (χ0) is 19.7. The Labute approximate surface area is 163 Å². The topological polar surface area (TPSA) is 94.0 Å². The highest BCUT2D eigenvalue weighted by atomic mass is 16.4. The molecule has 0 unspecified atom stereocenters. The number of aromatic nitrogens is 1. The molecule has 1 saturated carbocycles. The van der Waals surface area contributed by atoms with Crippen LogP contribution in [0.2, 0.25) is 0 Å². The minimum Gasteiger partial charge on any atom is -0.493 e. The molecule has 1 aliphatic carbocycles. The summed E-state index contributed by atoms with van der Waals surface area (Å²) in [5.74, 6) is -0.00350. The van der Waals surface area contributed by atoms with E-state index in [0.29, 0.717) is 31.5 Å². The fraction of sp³-hybridized carbons (Fsp3) is 0.381. The van der Waals surface area contributed by atoms with E-state index in [-0.39, 0.29) is 23.9 Å². The van der Waals surface area contributed by atoms with Gasteiger partial charge >= 0.3 is 6.09 Å². The summed E-state index contributed by atoms with van der Waals surface area (Å²) in [6.07, 6.45) is 4.11. The molecule has 1 aromatic carbocycles. The summed E-state index contributed by atoms with van der Waals surface area (Å²) in [5, 5.41) is 18.4. The van der Waals surface area contributed by atoms with Gasteiger partial charge < -0.3 is 20.0 Å². The fourth-order valence-electron chi connectivity index (χ4n) is 3.83. The number of carbonyl (C=O) groups excluding carboxylic acids is 1. The van der Waals surface area contributed by atoms with Gasteiger partial charge in [0.2, 0.25) is 5.88 Å². The first-order valence-electron chi connectivity index (χ1n) is 9.59. The molecule has 0 radical (unpaired) electrons. The highest BCUT2D eigenvalue weighted by Crippen LogP contribution is 2.33. The summed E-state index contributed by atoms with van der Waals surface area (Å²) < 4.78 is 0. The predicted octanol–water partition coefficient (Wildman–Crippen LogP) is 3.20. The van der Waals surface area contributed by atoms with Crippen LogP contribution in [0.25, 0.3) is 11.1 Å². The van der Waals surface area contributed by atoms with Crippen molar-refractivity contribution in [1.82, 2.24) is 14.8 Å². The summed E-state index contributed by atoms with van der Waals surface area (Å²) in [4.78, 5) is 31.6. The largest absolute Gasteiger partial charge is 0.493 e. The summed E-state index contributed by atoms with van der Waals surface area (Å²) in [6.45, 7) is 0.951. The van der Waals surface area contributed by atoms with Crippen molar-refractivity contribution in [3.8, 4) is 17.0 Å². The fourth-order valence-corrected chi connectivity index (χ4v) is 3.83. The molecule has 7 heteroatoms. The zero-order valence-corrected chi connectivity index (χ0v) is 15.5. The van der Waals surface area contributed by atoms with Gasteiger partial charge in [-0.15, -0.1) is 0 Å². The minimum absolute atomic E-state index is 0.0201. The Kier molecular flexibility index (Phi) is 4.90. The van der Waals surface area contributed by atoms with Crippen molar-refractivity contribution >= 4 is 12.0 Å². The number of hydrogen-bond donors (Lipinski definition) is 2. The lowest BCUT2D eigenvalue weighted by Gasteiger charge is -2.38. The van der Waals surface area contributed by atoms with Crippen molar-refractivity contribution < 1.29 is 19.8 Å². The Morgan fingerprint density at radius 3 is 2.07 bits per heavy atom. The first-order chi connectivity index (χ1) is 13.5. The molecule has 0 spiro atoms. The molecule has 2 heterocycles. The second-order valence-electron chi connectivity index (χ2n) is 7.43. The molecule has 4 rings (SSSR count). The Bertz CT molecular complexity index is 854. The molecule has 146 valence electrons. The number of benzene rings is 1. The number of carboxylic acid groups (broad SMARTS) is 1. The molecular weight excluding hydrogens is 358 g/mol. The number of nitrogens with zero attached hydrogens (tertiary/aromatic N) is 3. The molecule has 1 aliphatic heterocycles. The van der Waals surface area contributed by atoms with Gasteiger partial charge in [-0.05, 0) is 49.4 Å². The highest BCUT2D eigenvalue weighted by molar-refractivity contribution is 5.95. The molecule has 28 heavy (non-hydrogen) atoms. The van der Waals surface area contributed by atoms with E-state index in [1.807, 2.05) is 29.2 Å². The second kappa shape index (κ2) is 7.50. The van der Waals surface area contributed by atoms with Crippen LogP contribution in [0.3, 0.4) is 0 Å². The van der Waals surface area contributed by atoms with Crippen molar-refractivity contribution in [3.05, 3.63) is 48.2 Å². The van der Waals surface area contributed by atoms with Gasteiger partial charge in [0.05, 0.1) is 0 Å². The van der Waals surface area contributed by atoms with Crippen molar-refractivity contribution in [2.45, 2.75) is 37.8 Å². The van der Waals surface area contributed by atoms with E-state index < -0.39 is 6.09 Å². The average Bonchev–Trinajstić information content (AvgIpc) is 3.54. The lowest BCUT2D eigenvalue weighted by Crippen LogP contribution is -2.49. The first kappa shape index (κ1) is 18.3. The van der Waals surface area contributed by atoms with Gasteiger partial charge in [-0.1, -0.05) is 12.1 Å². The van der Waals surface area contributed by atoms with E-state index in [0.717, 1.165) is 24.0 Å². The molecule has 1 saturated heterocycles. The molecule has 2 fully saturated rings. The van der Waals surface area contributed by atoms with Crippen LogP contribution < -0.4 is 0 Å². The van der Waals surface area contributed by atoms with Crippen molar-refractivity contribution in [1.29, 1.82) is 0 Å². The Hall–Kier alpha value is -3.09.